The highest BCUT2D eigenvalue weighted by Crippen LogP contribution is 2.35. The minimum atomic E-state index is -0.630. The first-order valence-electron chi connectivity index (χ1n) is 10.00. The van der Waals surface area contributed by atoms with Crippen LogP contribution in [0, 0.1) is 17.6 Å². The number of ether oxygens (including phenoxy) is 2. The fourth-order valence-corrected chi connectivity index (χ4v) is 4.61. The highest BCUT2D eigenvalue weighted by atomic mass is 19.1. The molecule has 3 aliphatic rings. The summed E-state index contributed by atoms with van der Waals surface area (Å²) in [4.78, 5) is 2.43. The van der Waals surface area contributed by atoms with Crippen LogP contribution in [-0.2, 0) is 16.1 Å². The minimum absolute atomic E-state index is 0.0785. The van der Waals surface area contributed by atoms with Gasteiger partial charge in [0.15, 0.2) is 0 Å². The molecule has 1 aromatic carbocycles. The molecule has 4 heterocycles. The first-order chi connectivity index (χ1) is 13.7. The minimum Gasteiger partial charge on any atom is -0.381 e. The van der Waals surface area contributed by atoms with Crippen molar-refractivity contribution in [1.82, 2.24) is 19.9 Å². The molecule has 2 aromatic rings. The number of hydrogen-bond acceptors (Lipinski definition) is 5. The molecular formula is C20H24F2N4O2. The lowest BCUT2D eigenvalue weighted by atomic mass is 9.96. The molecule has 1 aromatic heterocycles. The molecule has 150 valence electrons. The van der Waals surface area contributed by atoms with Gasteiger partial charge in [-0.05, 0) is 43.9 Å². The molecule has 28 heavy (non-hydrogen) atoms. The zero-order chi connectivity index (χ0) is 19.1. The number of aromatic nitrogens is 3. The molecule has 2 atom stereocenters. The van der Waals surface area contributed by atoms with Crippen molar-refractivity contribution in [1.29, 1.82) is 0 Å². The second-order valence-corrected chi connectivity index (χ2v) is 7.97. The summed E-state index contributed by atoms with van der Waals surface area (Å²) in [6, 6.07) is 3.62. The second kappa shape index (κ2) is 7.50. The van der Waals surface area contributed by atoms with Gasteiger partial charge in [-0.15, -0.1) is 5.10 Å². The lowest BCUT2D eigenvalue weighted by molar-refractivity contribution is -0.00504. The van der Waals surface area contributed by atoms with Crippen LogP contribution in [0.4, 0.5) is 8.78 Å². The number of nitrogens with zero attached hydrogens (tertiary/aromatic N) is 4. The van der Waals surface area contributed by atoms with E-state index in [-0.39, 0.29) is 17.7 Å². The van der Waals surface area contributed by atoms with Gasteiger partial charge in [0.1, 0.15) is 17.3 Å². The molecule has 3 aliphatic heterocycles. The van der Waals surface area contributed by atoms with Crippen LogP contribution >= 0.6 is 0 Å². The zero-order valence-electron chi connectivity index (χ0n) is 15.7. The Balaban J connectivity index is 1.30. The highest BCUT2D eigenvalue weighted by molar-refractivity contribution is 5.62. The van der Waals surface area contributed by atoms with Gasteiger partial charge in [0.25, 0.3) is 0 Å². The van der Waals surface area contributed by atoms with Crippen LogP contribution < -0.4 is 0 Å². The van der Waals surface area contributed by atoms with Gasteiger partial charge < -0.3 is 9.47 Å². The van der Waals surface area contributed by atoms with Gasteiger partial charge in [0.2, 0.25) is 0 Å². The van der Waals surface area contributed by atoms with Gasteiger partial charge in [-0.25, -0.2) is 13.5 Å². The van der Waals surface area contributed by atoms with Crippen molar-refractivity contribution in [3.05, 3.63) is 35.5 Å². The van der Waals surface area contributed by atoms with Crippen LogP contribution in [0.5, 0.6) is 0 Å². The molecule has 0 spiro atoms. The van der Waals surface area contributed by atoms with Crippen molar-refractivity contribution in [2.24, 2.45) is 5.92 Å². The summed E-state index contributed by atoms with van der Waals surface area (Å²) in [5.41, 5.74) is 1.47. The highest BCUT2D eigenvalue weighted by Gasteiger charge is 2.40. The Hall–Kier alpha value is -1.90. The predicted molar refractivity (Wildman–Crippen MR) is 97.6 cm³/mol. The number of rotatable bonds is 4. The smallest absolute Gasteiger partial charge is 0.135 e. The number of halogens is 2. The fourth-order valence-electron chi connectivity index (χ4n) is 4.61. The van der Waals surface area contributed by atoms with E-state index in [0.29, 0.717) is 12.3 Å². The van der Waals surface area contributed by atoms with E-state index in [2.05, 4.69) is 15.2 Å². The molecule has 0 amide bonds. The summed E-state index contributed by atoms with van der Waals surface area (Å²) in [5, 5.41) is 8.51. The lowest BCUT2D eigenvalue weighted by Crippen LogP contribution is -2.32. The van der Waals surface area contributed by atoms with E-state index in [9.17, 15) is 8.78 Å². The Labute approximate surface area is 162 Å². The van der Waals surface area contributed by atoms with Crippen molar-refractivity contribution in [3.8, 4) is 11.3 Å². The Morgan fingerprint density at radius 1 is 1.14 bits per heavy atom. The van der Waals surface area contributed by atoms with Crippen LogP contribution in [0.1, 0.15) is 31.0 Å². The first-order valence-corrected chi connectivity index (χ1v) is 10.00. The molecular weight excluding hydrogens is 366 g/mol. The van der Waals surface area contributed by atoms with Gasteiger partial charge >= 0.3 is 0 Å². The summed E-state index contributed by atoms with van der Waals surface area (Å²) in [5.74, 6) is -0.489. The van der Waals surface area contributed by atoms with Crippen LogP contribution in [0.3, 0.4) is 0 Å². The Morgan fingerprint density at radius 2 is 2.00 bits per heavy atom. The predicted octanol–water partition coefficient (Wildman–Crippen LogP) is 2.80. The topological polar surface area (TPSA) is 52.4 Å². The molecule has 0 aliphatic carbocycles. The van der Waals surface area contributed by atoms with Crippen LogP contribution in [0.2, 0.25) is 0 Å². The third-order valence-electron chi connectivity index (χ3n) is 6.23. The van der Waals surface area contributed by atoms with E-state index in [4.69, 9.17) is 9.47 Å². The van der Waals surface area contributed by atoms with E-state index in [1.54, 1.807) is 0 Å². The second-order valence-electron chi connectivity index (χ2n) is 7.97. The van der Waals surface area contributed by atoms with Crippen LogP contribution in [0.25, 0.3) is 11.3 Å². The quantitative estimate of drug-likeness (QED) is 0.804. The monoisotopic (exact) mass is 390 g/mol. The van der Waals surface area contributed by atoms with Crippen molar-refractivity contribution in [3.63, 3.8) is 0 Å². The summed E-state index contributed by atoms with van der Waals surface area (Å²) >= 11 is 0. The fraction of sp³-hybridized carbons (Fsp3) is 0.600. The average Bonchev–Trinajstić information content (AvgIpc) is 3.31. The molecule has 2 saturated heterocycles. The van der Waals surface area contributed by atoms with Crippen molar-refractivity contribution < 1.29 is 18.3 Å². The van der Waals surface area contributed by atoms with E-state index >= 15 is 0 Å². The molecule has 6 nitrogen and oxygen atoms in total. The summed E-state index contributed by atoms with van der Waals surface area (Å²) in [7, 11) is 0. The third-order valence-corrected chi connectivity index (χ3v) is 6.23. The number of fused-ring (bicyclic) bond motifs is 3. The normalized spacial score (nSPS) is 25.6. The Kier molecular flexibility index (Phi) is 4.86. The van der Waals surface area contributed by atoms with E-state index in [1.165, 1.54) is 18.6 Å². The Bertz CT molecular complexity index is 853. The van der Waals surface area contributed by atoms with E-state index < -0.39 is 11.6 Å². The van der Waals surface area contributed by atoms with Crippen LogP contribution in [0.15, 0.2) is 18.2 Å². The van der Waals surface area contributed by atoms with E-state index in [1.807, 2.05) is 4.68 Å². The third kappa shape index (κ3) is 3.33. The van der Waals surface area contributed by atoms with E-state index in [0.717, 1.165) is 63.4 Å². The molecule has 0 N–H and O–H groups in total. The Morgan fingerprint density at radius 3 is 2.82 bits per heavy atom. The largest absolute Gasteiger partial charge is 0.381 e. The molecule has 5 rings (SSSR count). The summed E-state index contributed by atoms with van der Waals surface area (Å²) < 4.78 is 40.9. The van der Waals surface area contributed by atoms with Gasteiger partial charge in [0, 0.05) is 37.9 Å². The summed E-state index contributed by atoms with van der Waals surface area (Å²) in [6.45, 7) is 4.88. The molecule has 0 bridgehead atoms. The first kappa shape index (κ1) is 18.1. The van der Waals surface area contributed by atoms with Crippen LogP contribution in [-0.4, -0.2) is 58.8 Å². The van der Waals surface area contributed by atoms with Gasteiger partial charge in [-0.2, -0.15) is 0 Å². The standard InChI is InChI=1S/C20H24F2N4O2/c21-14-1-2-15(16(22)9-14)20-18-12-28-19-11-25(10-17(19)26(18)24-23-20)6-3-13-4-7-27-8-5-13/h1-2,9,13,17,19H,3-8,10-12H2/t17-,19-/m0/s1. The molecule has 0 saturated carbocycles. The SMILES string of the molecule is Fc1ccc(-c2nnn3c2CO[C@H]2CN(CCC4CCOCC4)C[C@@H]23)c(F)c1. The maximum absolute atomic E-state index is 14.2. The summed E-state index contributed by atoms with van der Waals surface area (Å²) in [6.07, 6.45) is 3.56. The average molecular weight is 390 g/mol. The maximum Gasteiger partial charge on any atom is 0.135 e. The van der Waals surface area contributed by atoms with Gasteiger partial charge in [0.05, 0.1) is 24.4 Å². The van der Waals surface area contributed by atoms with Gasteiger partial charge in [-0.3, -0.25) is 4.90 Å². The number of hydrogen-bond donors (Lipinski definition) is 0. The molecule has 0 radical (unpaired) electrons. The van der Waals surface area contributed by atoms with Crippen molar-refractivity contribution in [2.75, 3.05) is 32.8 Å². The number of benzene rings is 1. The molecule has 2 fully saturated rings. The zero-order valence-corrected chi connectivity index (χ0v) is 15.7. The van der Waals surface area contributed by atoms with Crippen molar-refractivity contribution in [2.45, 2.75) is 38.0 Å². The molecule has 8 heteroatoms. The van der Waals surface area contributed by atoms with Gasteiger partial charge in [-0.1, -0.05) is 5.21 Å². The lowest BCUT2D eigenvalue weighted by Gasteiger charge is -2.26. The number of likely N-dealkylation sites (tertiary alicyclic amines) is 1. The van der Waals surface area contributed by atoms with Crippen molar-refractivity contribution >= 4 is 0 Å². The molecule has 0 unspecified atom stereocenters. The maximum atomic E-state index is 14.2.